The molecule has 1 atom stereocenters. The van der Waals surface area contributed by atoms with Crippen molar-refractivity contribution in [2.75, 3.05) is 24.9 Å². The van der Waals surface area contributed by atoms with Crippen LogP contribution in [0.3, 0.4) is 0 Å². The Morgan fingerprint density at radius 3 is 2.45 bits per heavy atom. The molecule has 1 N–H and O–H groups in total. The average molecular weight is 567 g/mol. The van der Waals surface area contributed by atoms with E-state index < -0.39 is 27.4 Å². The van der Waals surface area contributed by atoms with Gasteiger partial charge < -0.3 is 9.64 Å². The maximum atomic E-state index is 13.7. The van der Waals surface area contributed by atoms with E-state index in [1.165, 1.54) is 24.5 Å². The van der Waals surface area contributed by atoms with Crippen molar-refractivity contribution < 1.29 is 26.3 Å². The third kappa shape index (κ3) is 5.52. The predicted octanol–water partition coefficient (Wildman–Crippen LogP) is 5.86. The highest BCUT2D eigenvalue weighted by molar-refractivity contribution is 7.93. The van der Waals surface area contributed by atoms with Crippen molar-refractivity contribution in [1.29, 1.82) is 0 Å². The van der Waals surface area contributed by atoms with Gasteiger partial charge in [-0.2, -0.15) is 17.5 Å². The van der Waals surface area contributed by atoms with Crippen molar-refractivity contribution in [3.63, 3.8) is 0 Å². The Labute approximate surface area is 224 Å². The molecule has 2 aromatic carbocycles. The number of piperidine rings is 1. The molecule has 0 unspecified atom stereocenters. The first kappa shape index (κ1) is 26.9. The number of likely N-dealkylation sites (tertiary alicyclic amines) is 1. The molecule has 1 aromatic heterocycles. The van der Waals surface area contributed by atoms with Crippen molar-refractivity contribution in [3.8, 4) is 5.75 Å². The minimum atomic E-state index is -4.44. The van der Waals surface area contributed by atoms with E-state index in [2.05, 4.69) is 19.0 Å². The largest absolute Gasteiger partial charge is 0.487 e. The lowest BCUT2D eigenvalue weighted by Crippen LogP contribution is -2.36. The Morgan fingerprint density at radius 2 is 1.79 bits per heavy atom. The van der Waals surface area contributed by atoms with Gasteiger partial charge in [-0.3, -0.25) is 4.72 Å². The van der Waals surface area contributed by atoms with Crippen LogP contribution in [0.25, 0.3) is 0 Å². The summed E-state index contributed by atoms with van der Waals surface area (Å²) in [5.74, 6) is 0.160. The van der Waals surface area contributed by atoms with Gasteiger partial charge in [-0.05, 0) is 88.5 Å². The summed E-state index contributed by atoms with van der Waals surface area (Å²) in [6.45, 7) is 5.45. The Balaban J connectivity index is 1.58. The van der Waals surface area contributed by atoms with Gasteiger partial charge in [-0.25, -0.2) is 13.4 Å². The molecule has 0 saturated carbocycles. The van der Waals surface area contributed by atoms with Gasteiger partial charge in [0.2, 0.25) is 5.13 Å². The predicted molar refractivity (Wildman–Crippen MR) is 139 cm³/mol. The summed E-state index contributed by atoms with van der Waals surface area (Å²) in [4.78, 5) is 6.07. The highest BCUT2D eigenvalue weighted by Crippen LogP contribution is 2.48. The smallest absolute Gasteiger partial charge is 0.416 e. The number of benzene rings is 2. The van der Waals surface area contributed by atoms with Gasteiger partial charge in [-0.15, -0.1) is 0 Å². The fourth-order valence-electron chi connectivity index (χ4n) is 5.41. The lowest BCUT2D eigenvalue weighted by Gasteiger charge is -2.40. The maximum Gasteiger partial charge on any atom is 0.416 e. The molecule has 0 amide bonds. The number of nitrogens with one attached hydrogen (secondary N) is 1. The van der Waals surface area contributed by atoms with Crippen LogP contribution in [0.1, 0.15) is 67.2 Å². The number of alkyl halides is 3. The van der Waals surface area contributed by atoms with Gasteiger partial charge in [0.1, 0.15) is 17.7 Å². The molecular formula is C26H29F3N4O3S2. The van der Waals surface area contributed by atoms with Crippen molar-refractivity contribution in [1.82, 2.24) is 14.3 Å². The molecule has 0 aliphatic carbocycles. The van der Waals surface area contributed by atoms with Crippen molar-refractivity contribution >= 4 is 26.7 Å². The summed E-state index contributed by atoms with van der Waals surface area (Å²) in [5.41, 5.74) is 1.00. The normalized spacial score (nSPS) is 20.5. The van der Waals surface area contributed by atoms with Crippen LogP contribution in [0.15, 0.2) is 47.6 Å². The summed E-state index contributed by atoms with van der Waals surface area (Å²) in [6, 6.07) is 8.76. The van der Waals surface area contributed by atoms with E-state index in [-0.39, 0.29) is 21.9 Å². The fraction of sp³-hybridized carbons (Fsp3) is 0.462. The summed E-state index contributed by atoms with van der Waals surface area (Å²) in [6.07, 6.45) is -1.08. The molecule has 7 nitrogen and oxygen atoms in total. The summed E-state index contributed by atoms with van der Waals surface area (Å²) in [7, 11) is -1.92. The molecule has 204 valence electrons. The van der Waals surface area contributed by atoms with Crippen molar-refractivity contribution in [2.24, 2.45) is 0 Å². The van der Waals surface area contributed by atoms with Crippen LogP contribution in [-0.4, -0.2) is 48.4 Å². The van der Waals surface area contributed by atoms with Crippen LogP contribution < -0.4 is 9.46 Å². The number of anilines is 1. The highest BCUT2D eigenvalue weighted by Gasteiger charge is 2.39. The van der Waals surface area contributed by atoms with Gasteiger partial charge in [0.25, 0.3) is 10.0 Å². The average Bonchev–Trinajstić information content (AvgIpc) is 3.34. The molecular weight excluding hydrogens is 537 g/mol. The van der Waals surface area contributed by atoms with Gasteiger partial charge in [0, 0.05) is 29.1 Å². The molecule has 38 heavy (non-hydrogen) atoms. The Morgan fingerprint density at radius 1 is 1.08 bits per heavy atom. The van der Waals surface area contributed by atoms with Crippen molar-refractivity contribution in [2.45, 2.75) is 61.6 Å². The quantitative estimate of drug-likeness (QED) is 0.417. The van der Waals surface area contributed by atoms with E-state index in [1.807, 2.05) is 20.9 Å². The van der Waals surface area contributed by atoms with Gasteiger partial charge in [0.05, 0.1) is 10.5 Å². The Hall–Kier alpha value is -2.70. The lowest BCUT2D eigenvalue weighted by molar-refractivity contribution is -0.137. The summed E-state index contributed by atoms with van der Waals surface area (Å²) in [5, 5.41) is 0.148. The third-order valence-corrected chi connectivity index (χ3v) is 9.33. The molecule has 5 rings (SSSR count). The third-order valence-electron chi connectivity index (χ3n) is 7.28. The molecule has 3 heterocycles. The molecule has 0 radical (unpaired) electrons. The molecule has 12 heteroatoms. The topological polar surface area (TPSA) is 84.4 Å². The number of sulfonamides is 1. The van der Waals surface area contributed by atoms with E-state index in [0.29, 0.717) is 12.2 Å². The van der Waals surface area contributed by atoms with Crippen LogP contribution in [0.4, 0.5) is 18.3 Å². The standard InChI is InChI=1S/C26H29F3N4O3S2/c1-25(2)14-22(19-6-4-17(26(27,28)29)12-21(19)16-8-10-33(3)11-9-16)20-7-5-18(13-23(20)36-25)38(34,35)32-24-30-15-31-37-24/h4-7,12-13,15-16,22H,8-11,14H2,1-3H3,(H,30,31,32)/t22-/m0/s1. The number of aromatic nitrogens is 2. The zero-order chi connectivity index (χ0) is 27.3. The lowest BCUT2D eigenvalue weighted by atomic mass is 9.75. The summed E-state index contributed by atoms with van der Waals surface area (Å²) >= 11 is 0.923. The minimum Gasteiger partial charge on any atom is -0.487 e. The van der Waals surface area contributed by atoms with Crippen molar-refractivity contribution in [3.05, 3.63) is 65.0 Å². The van der Waals surface area contributed by atoms with E-state index in [0.717, 1.165) is 60.2 Å². The monoisotopic (exact) mass is 566 g/mol. The van der Waals surface area contributed by atoms with E-state index in [1.54, 1.807) is 12.1 Å². The number of halogens is 3. The Kier molecular flexibility index (Phi) is 6.93. The van der Waals surface area contributed by atoms with Crippen LogP contribution in [0, 0.1) is 0 Å². The fourth-order valence-corrected chi connectivity index (χ4v) is 7.09. The molecule has 0 bridgehead atoms. The zero-order valence-electron chi connectivity index (χ0n) is 21.2. The number of ether oxygens (including phenoxy) is 1. The molecule has 2 aliphatic heterocycles. The molecule has 1 saturated heterocycles. The van der Waals surface area contributed by atoms with Gasteiger partial charge >= 0.3 is 6.18 Å². The summed E-state index contributed by atoms with van der Waals surface area (Å²) < 4.78 is 79.6. The van der Waals surface area contributed by atoms with E-state index in [4.69, 9.17) is 4.74 Å². The highest BCUT2D eigenvalue weighted by atomic mass is 32.2. The minimum absolute atomic E-state index is 0.00543. The number of hydrogen-bond acceptors (Lipinski definition) is 7. The maximum absolute atomic E-state index is 13.7. The van der Waals surface area contributed by atoms with Gasteiger partial charge in [-0.1, -0.05) is 12.1 Å². The van der Waals surface area contributed by atoms with E-state index >= 15 is 0 Å². The van der Waals surface area contributed by atoms with Crippen LogP contribution in [-0.2, 0) is 16.2 Å². The van der Waals surface area contributed by atoms with Crippen LogP contribution in [0.5, 0.6) is 5.75 Å². The second kappa shape index (κ2) is 9.80. The van der Waals surface area contributed by atoms with Crippen LogP contribution in [0.2, 0.25) is 0 Å². The first-order valence-corrected chi connectivity index (χ1v) is 14.6. The molecule has 2 aliphatic rings. The first-order chi connectivity index (χ1) is 17.8. The SMILES string of the molecule is CN1CCC(c2cc(C(F)(F)F)ccc2[C@@H]2CC(C)(C)Oc3cc(S(=O)(=O)Nc4ncns4)ccc32)CC1. The van der Waals surface area contributed by atoms with E-state index in [9.17, 15) is 21.6 Å². The number of hydrogen-bond donors (Lipinski definition) is 1. The number of fused-ring (bicyclic) bond motifs is 1. The molecule has 3 aromatic rings. The molecule has 1 fully saturated rings. The molecule has 0 spiro atoms. The second-order valence-corrected chi connectivity index (χ2v) is 13.1. The number of nitrogens with zero attached hydrogens (tertiary/aromatic N) is 3. The number of rotatable bonds is 5. The van der Waals surface area contributed by atoms with Gasteiger partial charge in [0.15, 0.2) is 0 Å². The first-order valence-electron chi connectivity index (χ1n) is 12.3. The Bertz CT molecular complexity index is 1420. The van der Waals surface area contributed by atoms with Crippen LogP contribution >= 0.6 is 11.5 Å². The second-order valence-electron chi connectivity index (χ2n) is 10.6. The zero-order valence-corrected chi connectivity index (χ0v) is 22.9.